The minimum absolute atomic E-state index is 0.357. The zero-order chi connectivity index (χ0) is 38.3. The van der Waals surface area contributed by atoms with Crippen molar-refractivity contribution in [2.75, 3.05) is 7.11 Å². The van der Waals surface area contributed by atoms with Crippen LogP contribution in [0.25, 0.3) is 22.5 Å². The predicted octanol–water partition coefficient (Wildman–Crippen LogP) is 10.0. The number of aryl methyl sites for hydroxylation is 2. The molecule has 0 fully saturated rings. The van der Waals surface area contributed by atoms with E-state index in [1.165, 1.54) is 0 Å². The number of hydrogen-bond donors (Lipinski definition) is 0. The minimum atomic E-state index is -0.863. The summed E-state index contributed by atoms with van der Waals surface area (Å²) < 4.78 is 19.9. The summed E-state index contributed by atoms with van der Waals surface area (Å²) in [5, 5.41) is 13.8. The second-order valence-electron chi connectivity index (χ2n) is 13.6. The summed E-state index contributed by atoms with van der Waals surface area (Å²) in [6.45, 7) is 4.64. The summed E-state index contributed by atoms with van der Waals surface area (Å²) in [7, 11) is 1.66. The first-order valence-corrected chi connectivity index (χ1v) is 18.6. The molecule has 0 aliphatic heterocycles. The lowest BCUT2D eigenvalue weighted by molar-refractivity contribution is 0.253. The van der Waals surface area contributed by atoms with Gasteiger partial charge >= 0.3 is 0 Å². The summed E-state index contributed by atoms with van der Waals surface area (Å²) in [4.78, 5) is 4.64. The lowest BCUT2D eigenvalue weighted by Crippen LogP contribution is -2.39. The Balaban J connectivity index is 1.11. The van der Waals surface area contributed by atoms with Crippen LogP contribution in [0, 0.1) is 13.8 Å². The Kier molecular flexibility index (Phi) is 10.3. The summed E-state index contributed by atoms with van der Waals surface area (Å²) in [6.07, 6.45) is 0. The summed E-state index contributed by atoms with van der Waals surface area (Å²) in [5.41, 5.74) is 8.89. The highest BCUT2D eigenvalue weighted by atomic mass is 16.5. The van der Waals surface area contributed by atoms with Gasteiger partial charge in [-0.25, -0.2) is 4.68 Å². The molecular formula is C48H41N5O3. The van der Waals surface area contributed by atoms with Gasteiger partial charge in [0.1, 0.15) is 24.5 Å². The Labute approximate surface area is 327 Å². The van der Waals surface area contributed by atoms with Crippen LogP contribution in [0.15, 0.2) is 170 Å². The smallest absolute Gasteiger partial charge is 0.184 e. The Morgan fingerprint density at radius 3 is 1.66 bits per heavy atom. The van der Waals surface area contributed by atoms with E-state index in [0.717, 1.165) is 61.6 Å². The molecule has 0 amide bonds. The molecule has 8 heteroatoms. The number of nitrogens with zero attached hydrogens (tertiary/aromatic N) is 5. The van der Waals surface area contributed by atoms with Gasteiger partial charge in [-0.3, -0.25) is 4.98 Å². The number of benzene rings is 6. The molecule has 6 aromatic carbocycles. The molecule has 0 saturated heterocycles. The van der Waals surface area contributed by atoms with Crippen molar-refractivity contribution in [2.45, 2.75) is 32.6 Å². The topological polar surface area (TPSA) is 84.2 Å². The lowest BCUT2D eigenvalue weighted by Gasteiger charge is -2.36. The average Bonchev–Trinajstić information content (AvgIpc) is 3.74. The first-order valence-electron chi connectivity index (χ1n) is 18.6. The maximum absolute atomic E-state index is 6.40. The first-order chi connectivity index (χ1) is 27.5. The van der Waals surface area contributed by atoms with Gasteiger partial charge in [0.2, 0.25) is 0 Å². The third-order valence-electron chi connectivity index (χ3n) is 9.97. The SMILES string of the molecule is COc1ccc(COc2c(OCc3ccc(-c4ccccc4-c4nnnn4C(c4ccccc4)(c4ccccc4)c4ccccc4)cc3)cc(C)nc2C)cc1. The van der Waals surface area contributed by atoms with E-state index in [2.05, 4.69) is 119 Å². The maximum atomic E-state index is 6.40. The molecule has 8 aromatic rings. The van der Waals surface area contributed by atoms with Crippen molar-refractivity contribution >= 4 is 0 Å². The van der Waals surface area contributed by atoms with E-state index in [1.54, 1.807) is 7.11 Å². The van der Waals surface area contributed by atoms with Crippen LogP contribution < -0.4 is 14.2 Å². The summed E-state index contributed by atoms with van der Waals surface area (Å²) in [5.74, 6) is 2.74. The second kappa shape index (κ2) is 16.1. The van der Waals surface area contributed by atoms with Gasteiger partial charge in [-0.2, -0.15) is 0 Å². The molecule has 8 rings (SSSR count). The molecule has 0 bridgehead atoms. The molecular weight excluding hydrogens is 695 g/mol. The molecule has 0 aliphatic rings. The van der Waals surface area contributed by atoms with Crippen molar-refractivity contribution in [1.29, 1.82) is 0 Å². The number of rotatable bonds is 13. The number of aromatic nitrogens is 5. The van der Waals surface area contributed by atoms with E-state index >= 15 is 0 Å². The molecule has 56 heavy (non-hydrogen) atoms. The monoisotopic (exact) mass is 735 g/mol. The third-order valence-corrected chi connectivity index (χ3v) is 9.97. The Morgan fingerprint density at radius 2 is 1.09 bits per heavy atom. The van der Waals surface area contributed by atoms with Gasteiger partial charge in [-0.05, 0) is 75.4 Å². The molecule has 276 valence electrons. The van der Waals surface area contributed by atoms with Gasteiger partial charge in [0, 0.05) is 17.3 Å². The van der Waals surface area contributed by atoms with E-state index in [-0.39, 0.29) is 0 Å². The van der Waals surface area contributed by atoms with Crippen molar-refractivity contribution in [3.8, 4) is 39.8 Å². The number of hydrogen-bond acceptors (Lipinski definition) is 7. The maximum Gasteiger partial charge on any atom is 0.184 e. The largest absolute Gasteiger partial charge is 0.497 e. The highest BCUT2D eigenvalue weighted by Crippen LogP contribution is 2.43. The normalized spacial score (nSPS) is 11.3. The quantitative estimate of drug-likeness (QED) is 0.109. The van der Waals surface area contributed by atoms with Crippen LogP contribution in [0.2, 0.25) is 0 Å². The van der Waals surface area contributed by atoms with Crippen LogP contribution in [0.3, 0.4) is 0 Å². The van der Waals surface area contributed by atoms with Crippen LogP contribution in [0.4, 0.5) is 0 Å². The molecule has 0 atom stereocenters. The molecule has 0 spiro atoms. The molecule has 0 N–H and O–H groups in total. The summed E-state index contributed by atoms with van der Waals surface area (Å²) in [6, 6.07) is 57.8. The van der Waals surface area contributed by atoms with Gasteiger partial charge in [0.05, 0.1) is 12.8 Å². The second-order valence-corrected chi connectivity index (χ2v) is 13.6. The van der Waals surface area contributed by atoms with Gasteiger partial charge < -0.3 is 14.2 Å². The standard InChI is InChI=1S/C48H41N5O3/c1-34-31-45(46(35(2)49-34)56-33-37-25-29-42(54-3)30-26-37)55-32-36-23-27-38(28-24-36)43-21-13-14-22-44(43)47-50-51-52-53(47)48(39-15-7-4-8-16-39,40-17-9-5-10-18-40)41-19-11-6-12-20-41/h4-31H,32-33H2,1-3H3. The number of pyridine rings is 1. The van der Waals surface area contributed by atoms with Crippen LogP contribution in [0.5, 0.6) is 17.2 Å². The minimum Gasteiger partial charge on any atom is -0.497 e. The van der Waals surface area contributed by atoms with Gasteiger partial charge in [-0.15, -0.1) is 5.10 Å². The van der Waals surface area contributed by atoms with Crippen LogP contribution in [-0.4, -0.2) is 32.3 Å². The predicted molar refractivity (Wildman–Crippen MR) is 219 cm³/mol. The van der Waals surface area contributed by atoms with E-state index in [0.29, 0.717) is 30.5 Å². The fourth-order valence-electron chi connectivity index (χ4n) is 7.30. The van der Waals surface area contributed by atoms with Gasteiger partial charge in [0.15, 0.2) is 17.3 Å². The van der Waals surface area contributed by atoms with Gasteiger partial charge in [0.25, 0.3) is 0 Å². The van der Waals surface area contributed by atoms with E-state index in [1.807, 2.05) is 79.2 Å². The van der Waals surface area contributed by atoms with Crippen LogP contribution in [-0.2, 0) is 18.8 Å². The van der Waals surface area contributed by atoms with Crippen LogP contribution in [0.1, 0.15) is 39.2 Å². The average molecular weight is 736 g/mol. The van der Waals surface area contributed by atoms with E-state index in [9.17, 15) is 0 Å². The lowest BCUT2D eigenvalue weighted by atomic mass is 9.77. The van der Waals surface area contributed by atoms with Crippen LogP contribution >= 0.6 is 0 Å². The van der Waals surface area contributed by atoms with Crippen molar-refractivity contribution in [1.82, 2.24) is 25.2 Å². The zero-order valence-corrected chi connectivity index (χ0v) is 31.5. The van der Waals surface area contributed by atoms with Crippen molar-refractivity contribution in [2.24, 2.45) is 0 Å². The zero-order valence-electron chi connectivity index (χ0n) is 31.5. The molecule has 2 heterocycles. The molecule has 0 aliphatic carbocycles. The van der Waals surface area contributed by atoms with E-state index < -0.39 is 5.54 Å². The Morgan fingerprint density at radius 1 is 0.571 bits per heavy atom. The first kappa shape index (κ1) is 35.9. The Bertz CT molecular complexity index is 2430. The molecule has 0 unspecified atom stereocenters. The molecule has 8 nitrogen and oxygen atoms in total. The number of tetrazole rings is 1. The van der Waals surface area contributed by atoms with Gasteiger partial charge in [-0.1, -0.05) is 152 Å². The fourth-order valence-corrected chi connectivity index (χ4v) is 7.30. The molecule has 0 radical (unpaired) electrons. The van der Waals surface area contributed by atoms with E-state index in [4.69, 9.17) is 24.5 Å². The molecule has 0 saturated carbocycles. The molecule has 2 aromatic heterocycles. The summed E-state index contributed by atoms with van der Waals surface area (Å²) >= 11 is 0. The fraction of sp³-hybridized carbons (Fsp3) is 0.125. The van der Waals surface area contributed by atoms with Crippen molar-refractivity contribution < 1.29 is 14.2 Å². The van der Waals surface area contributed by atoms with Crippen molar-refractivity contribution in [3.63, 3.8) is 0 Å². The highest BCUT2D eigenvalue weighted by molar-refractivity contribution is 5.81. The Hall–Kier alpha value is -7.06. The number of ether oxygens (including phenoxy) is 3. The third kappa shape index (κ3) is 7.12. The number of methoxy groups -OCH3 is 1. The van der Waals surface area contributed by atoms with Crippen molar-refractivity contribution in [3.05, 3.63) is 209 Å². The highest BCUT2D eigenvalue weighted by Gasteiger charge is 2.42.